The highest BCUT2D eigenvalue weighted by Gasteiger charge is 2.43. The highest BCUT2D eigenvalue weighted by molar-refractivity contribution is 7.14. The van der Waals surface area contributed by atoms with Crippen molar-refractivity contribution in [1.82, 2.24) is 10.1 Å². The number of nitrogens with zero attached hydrogens (tertiary/aromatic N) is 3. The molecular formula is C30H27Cl2N3O4S. The molecule has 40 heavy (non-hydrogen) atoms. The van der Waals surface area contributed by atoms with Crippen molar-refractivity contribution < 1.29 is 19.2 Å². The standard InChI is InChI=1S/C30H27Cl2N3O4S/c31-23-2-1-3-24(32)26(23)27-22(28(39-34-27)17-6-7-17)14-38-21-12-19-10-11-20(13-21)35(19)30-33-25(15-40-30)16-4-8-18(9-5-16)29(36)37/h1-5,8-9,15,17,19-21H,6-7,10-14H2,(H,36,37)/t19-,20+,21+. The third-order valence-corrected chi connectivity index (χ3v) is 9.74. The highest BCUT2D eigenvalue weighted by Crippen LogP contribution is 2.47. The number of piperidine rings is 1. The number of ether oxygens (including phenoxy) is 1. The number of benzene rings is 2. The molecule has 1 saturated carbocycles. The van der Waals surface area contributed by atoms with E-state index in [1.807, 2.05) is 30.3 Å². The Morgan fingerprint density at radius 3 is 2.40 bits per heavy atom. The number of rotatable bonds is 8. The Morgan fingerprint density at radius 1 is 1.05 bits per heavy atom. The van der Waals surface area contributed by atoms with E-state index in [0.29, 0.717) is 45.9 Å². The third-order valence-electron chi connectivity index (χ3n) is 8.26. The number of hydrogen-bond donors (Lipinski definition) is 1. The molecule has 2 aromatic carbocycles. The van der Waals surface area contributed by atoms with Crippen LogP contribution in [0.15, 0.2) is 52.4 Å². The number of hydrogen-bond acceptors (Lipinski definition) is 7. The molecule has 3 aliphatic rings. The highest BCUT2D eigenvalue weighted by atomic mass is 35.5. The van der Waals surface area contributed by atoms with Gasteiger partial charge in [-0.15, -0.1) is 11.3 Å². The fourth-order valence-corrected chi connectivity index (χ4v) is 7.68. The van der Waals surface area contributed by atoms with Crippen LogP contribution in [0.25, 0.3) is 22.5 Å². The summed E-state index contributed by atoms with van der Waals surface area (Å²) >= 11 is 14.7. The fraction of sp³-hybridized carbons (Fsp3) is 0.367. The Bertz CT molecular complexity index is 1530. The van der Waals surface area contributed by atoms with Crippen molar-refractivity contribution in [2.75, 3.05) is 4.90 Å². The van der Waals surface area contributed by atoms with E-state index in [-0.39, 0.29) is 11.7 Å². The summed E-state index contributed by atoms with van der Waals surface area (Å²) < 4.78 is 12.4. The molecule has 2 bridgehead atoms. The van der Waals surface area contributed by atoms with Gasteiger partial charge >= 0.3 is 5.97 Å². The van der Waals surface area contributed by atoms with E-state index in [0.717, 1.165) is 66.2 Å². The average molecular weight is 597 g/mol. The van der Waals surface area contributed by atoms with Gasteiger partial charge in [-0.3, -0.25) is 0 Å². The molecule has 2 aliphatic heterocycles. The summed E-state index contributed by atoms with van der Waals surface area (Å²) in [5, 5.41) is 17.8. The van der Waals surface area contributed by atoms with Gasteiger partial charge in [0, 0.05) is 40.1 Å². The molecule has 2 saturated heterocycles. The van der Waals surface area contributed by atoms with Crippen molar-refractivity contribution in [1.29, 1.82) is 0 Å². The van der Waals surface area contributed by atoms with Gasteiger partial charge in [0.2, 0.25) is 0 Å². The quantitative estimate of drug-likeness (QED) is 0.220. The molecule has 3 fully saturated rings. The molecular weight excluding hydrogens is 569 g/mol. The molecule has 0 radical (unpaired) electrons. The lowest BCUT2D eigenvalue weighted by Crippen LogP contribution is -2.45. The van der Waals surface area contributed by atoms with Crippen molar-refractivity contribution in [3.8, 4) is 22.5 Å². The first kappa shape index (κ1) is 26.0. The topological polar surface area (TPSA) is 88.7 Å². The number of fused-ring (bicyclic) bond motifs is 2. The van der Waals surface area contributed by atoms with Gasteiger partial charge in [0.15, 0.2) is 5.13 Å². The largest absolute Gasteiger partial charge is 0.478 e. The van der Waals surface area contributed by atoms with Crippen LogP contribution in [-0.2, 0) is 11.3 Å². The molecule has 7 nitrogen and oxygen atoms in total. The van der Waals surface area contributed by atoms with Crippen molar-refractivity contribution in [2.45, 2.75) is 69.2 Å². The zero-order valence-electron chi connectivity index (χ0n) is 21.6. The van der Waals surface area contributed by atoms with Crippen LogP contribution >= 0.6 is 34.5 Å². The maximum Gasteiger partial charge on any atom is 0.335 e. The van der Waals surface area contributed by atoms with Crippen molar-refractivity contribution in [3.63, 3.8) is 0 Å². The molecule has 10 heteroatoms. The lowest BCUT2D eigenvalue weighted by molar-refractivity contribution is 0.0147. The first-order valence-electron chi connectivity index (χ1n) is 13.6. The van der Waals surface area contributed by atoms with Gasteiger partial charge in [-0.2, -0.15) is 0 Å². The van der Waals surface area contributed by atoms with Crippen molar-refractivity contribution in [3.05, 3.63) is 74.8 Å². The monoisotopic (exact) mass is 595 g/mol. The zero-order valence-corrected chi connectivity index (χ0v) is 23.9. The Balaban J connectivity index is 1.06. The van der Waals surface area contributed by atoms with Gasteiger partial charge in [0.25, 0.3) is 0 Å². The average Bonchev–Trinajstić information content (AvgIpc) is 3.42. The molecule has 1 aliphatic carbocycles. The van der Waals surface area contributed by atoms with Gasteiger partial charge in [-0.25, -0.2) is 9.78 Å². The molecule has 3 atom stereocenters. The van der Waals surface area contributed by atoms with Crippen LogP contribution in [-0.4, -0.2) is 39.4 Å². The van der Waals surface area contributed by atoms with Crippen LogP contribution in [0.4, 0.5) is 5.13 Å². The summed E-state index contributed by atoms with van der Waals surface area (Å²) in [5.74, 6) is 0.362. The van der Waals surface area contributed by atoms with Crippen LogP contribution in [0.1, 0.15) is 66.1 Å². The molecule has 1 N–H and O–H groups in total. The Kier molecular flexibility index (Phi) is 6.82. The molecule has 4 heterocycles. The summed E-state index contributed by atoms with van der Waals surface area (Å²) in [4.78, 5) is 18.6. The van der Waals surface area contributed by atoms with Crippen LogP contribution in [0.3, 0.4) is 0 Å². The SMILES string of the molecule is O=C(O)c1ccc(-c2csc(N3[C@@H]4CC[C@H]3C[C@@H](OCc3c(-c5c(Cl)cccc5Cl)noc3C3CC3)C4)n2)cc1. The van der Waals surface area contributed by atoms with Gasteiger partial charge in [0.1, 0.15) is 11.5 Å². The van der Waals surface area contributed by atoms with E-state index >= 15 is 0 Å². The third kappa shape index (κ3) is 4.81. The number of carboxylic acid groups (broad SMARTS) is 1. The van der Waals surface area contributed by atoms with Gasteiger partial charge < -0.3 is 19.3 Å². The number of halogens is 2. The van der Waals surface area contributed by atoms with Crippen LogP contribution in [0.2, 0.25) is 10.0 Å². The Hall–Kier alpha value is -2.91. The summed E-state index contributed by atoms with van der Waals surface area (Å²) in [5.41, 5.74) is 4.42. The number of thiazole rings is 1. The second kappa shape index (κ2) is 10.5. The minimum absolute atomic E-state index is 0.133. The second-order valence-electron chi connectivity index (χ2n) is 10.8. The molecule has 206 valence electrons. The van der Waals surface area contributed by atoms with E-state index in [1.54, 1.807) is 23.5 Å². The van der Waals surface area contributed by atoms with E-state index < -0.39 is 5.97 Å². The fourth-order valence-electron chi connectivity index (χ4n) is 6.12. The van der Waals surface area contributed by atoms with Gasteiger partial charge in [-0.05, 0) is 62.8 Å². The first-order valence-corrected chi connectivity index (χ1v) is 15.2. The predicted octanol–water partition coefficient (Wildman–Crippen LogP) is 8.06. The molecule has 0 amide bonds. The minimum atomic E-state index is -0.927. The molecule has 0 spiro atoms. The maximum absolute atomic E-state index is 11.2. The smallest absolute Gasteiger partial charge is 0.335 e. The second-order valence-corrected chi connectivity index (χ2v) is 12.5. The van der Waals surface area contributed by atoms with Crippen LogP contribution in [0, 0.1) is 0 Å². The molecule has 4 aromatic rings. The van der Waals surface area contributed by atoms with E-state index in [4.69, 9.17) is 37.4 Å². The maximum atomic E-state index is 11.2. The van der Waals surface area contributed by atoms with Gasteiger partial charge in [0.05, 0.1) is 34.0 Å². The van der Waals surface area contributed by atoms with Gasteiger partial charge in [-0.1, -0.05) is 46.6 Å². The van der Waals surface area contributed by atoms with Crippen LogP contribution < -0.4 is 4.90 Å². The number of aromatic nitrogens is 2. The van der Waals surface area contributed by atoms with E-state index in [1.165, 1.54) is 0 Å². The van der Waals surface area contributed by atoms with E-state index in [2.05, 4.69) is 15.4 Å². The van der Waals surface area contributed by atoms with E-state index in [9.17, 15) is 9.90 Å². The molecule has 2 aromatic heterocycles. The number of carboxylic acids is 1. The lowest BCUT2D eigenvalue weighted by Gasteiger charge is -2.38. The first-order chi connectivity index (χ1) is 19.5. The number of anilines is 1. The molecule has 0 unspecified atom stereocenters. The van der Waals surface area contributed by atoms with Crippen LogP contribution in [0.5, 0.6) is 0 Å². The number of carbonyl (C=O) groups is 1. The number of aromatic carboxylic acids is 1. The lowest BCUT2D eigenvalue weighted by atomic mass is 10.00. The predicted molar refractivity (Wildman–Crippen MR) is 156 cm³/mol. The summed E-state index contributed by atoms with van der Waals surface area (Å²) in [6, 6.07) is 13.1. The Morgan fingerprint density at radius 2 is 1.75 bits per heavy atom. The van der Waals surface area contributed by atoms with Crippen molar-refractivity contribution in [2.24, 2.45) is 0 Å². The summed E-state index contributed by atoms with van der Waals surface area (Å²) in [6.45, 7) is 0.421. The van der Waals surface area contributed by atoms with Crippen molar-refractivity contribution >= 4 is 45.6 Å². The summed E-state index contributed by atoms with van der Waals surface area (Å²) in [6.07, 6.45) is 6.44. The summed E-state index contributed by atoms with van der Waals surface area (Å²) in [7, 11) is 0. The molecule has 7 rings (SSSR count). The Labute approximate surface area is 245 Å². The minimum Gasteiger partial charge on any atom is -0.478 e. The zero-order chi connectivity index (χ0) is 27.4. The normalized spacial score (nSPS) is 22.1.